The number of rotatable bonds is 6. The minimum absolute atomic E-state index is 0.000404. The monoisotopic (exact) mass is 344 g/mol. The molecule has 0 bridgehead atoms. The minimum atomic E-state index is -1.13. The number of hydrogen-bond donors (Lipinski definition) is 1. The van der Waals surface area contributed by atoms with E-state index in [2.05, 4.69) is 0 Å². The maximum Gasteiger partial charge on any atom is 0.336 e. The molecule has 132 valence electrons. The predicted molar refractivity (Wildman–Crippen MR) is 95.4 cm³/mol. The van der Waals surface area contributed by atoms with Crippen molar-refractivity contribution in [2.45, 2.75) is 26.9 Å². The summed E-state index contributed by atoms with van der Waals surface area (Å²) in [6.07, 6.45) is 1.43. The van der Waals surface area contributed by atoms with Crippen molar-refractivity contribution in [3.05, 3.63) is 58.9 Å². The Kier molecular flexibility index (Phi) is 5.80. The van der Waals surface area contributed by atoms with Gasteiger partial charge in [-0.2, -0.15) is 0 Å². The molecule has 0 aliphatic rings. The quantitative estimate of drug-likeness (QED) is 0.617. The van der Waals surface area contributed by atoms with Crippen LogP contribution in [-0.4, -0.2) is 24.3 Å². The average molecular weight is 344 g/mol. The molecule has 0 spiro atoms. The van der Waals surface area contributed by atoms with Crippen molar-refractivity contribution in [2.75, 3.05) is 7.11 Å². The molecule has 0 saturated heterocycles. The number of aryl methyl sites for hydroxylation is 1. The summed E-state index contributed by atoms with van der Waals surface area (Å²) in [4.78, 5) is 11.6. The summed E-state index contributed by atoms with van der Waals surface area (Å²) in [6.45, 7) is 5.40. The Hall–Kier alpha value is -2.82. The highest BCUT2D eigenvalue weighted by molar-refractivity contribution is 6.20. The van der Waals surface area contributed by atoms with Crippen LogP contribution in [0.5, 0.6) is 11.5 Å². The second kappa shape index (κ2) is 7.83. The first-order valence-corrected chi connectivity index (χ1v) is 7.88. The molecule has 0 heterocycles. The van der Waals surface area contributed by atoms with Gasteiger partial charge in [-0.1, -0.05) is 18.2 Å². The maximum absolute atomic E-state index is 13.8. The van der Waals surface area contributed by atoms with Gasteiger partial charge >= 0.3 is 5.97 Å². The summed E-state index contributed by atoms with van der Waals surface area (Å²) >= 11 is 0. The summed E-state index contributed by atoms with van der Waals surface area (Å²) in [7, 11) is 1.54. The fraction of sp³-hybridized carbons (Fsp3) is 0.250. The van der Waals surface area contributed by atoms with E-state index in [0.29, 0.717) is 28.2 Å². The van der Waals surface area contributed by atoms with E-state index in [0.717, 1.165) is 0 Å². The maximum atomic E-state index is 13.8. The van der Waals surface area contributed by atoms with Gasteiger partial charge in [0.25, 0.3) is 0 Å². The van der Waals surface area contributed by atoms with Crippen molar-refractivity contribution in [2.24, 2.45) is 0 Å². The summed E-state index contributed by atoms with van der Waals surface area (Å²) < 4.78 is 24.7. The zero-order chi connectivity index (χ0) is 18.6. The third-order valence-corrected chi connectivity index (χ3v) is 3.57. The molecule has 0 fully saturated rings. The van der Waals surface area contributed by atoms with Crippen molar-refractivity contribution in [3.8, 4) is 11.5 Å². The van der Waals surface area contributed by atoms with Crippen molar-refractivity contribution in [3.63, 3.8) is 0 Å². The van der Waals surface area contributed by atoms with Crippen molar-refractivity contribution in [1.82, 2.24) is 0 Å². The Bertz CT molecular complexity index is 809. The first-order valence-electron chi connectivity index (χ1n) is 7.88. The van der Waals surface area contributed by atoms with E-state index < -0.39 is 11.8 Å². The highest BCUT2D eigenvalue weighted by Crippen LogP contribution is 2.31. The first kappa shape index (κ1) is 18.5. The molecule has 0 aliphatic carbocycles. The Morgan fingerprint density at radius 2 is 1.88 bits per heavy atom. The average Bonchev–Trinajstić information content (AvgIpc) is 2.55. The largest absolute Gasteiger partial charge is 0.493 e. The molecule has 25 heavy (non-hydrogen) atoms. The van der Waals surface area contributed by atoms with Gasteiger partial charge in [0.05, 0.1) is 18.8 Å². The third kappa shape index (κ3) is 4.59. The first-order chi connectivity index (χ1) is 11.8. The van der Waals surface area contributed by atoms with E-state index in [4.69, 9.17) is 9.47 Å². The van der Waals surface area contributed by atoms with E-state index in [1.165, 1.54) is 19.3 Å². The summed E-state index contributed by atoms with van der Waals surface area (Å²) in [6, 6.07) is 9.51. The number of carboxylic acid groups (broad SMARTS) is 1. The van der Waals surface area contributed by atoms with E-state index in [1.54, 1.807) is 37.3 Å². The molecule has 0 aliphatic heterocycles. The van der Waals surface area contributed by atoms with Gasteiger partial charge < -0.3 is 14.6 Å². The van der Waals surface area contributed by atoms with Crippen molar-refractivity contribution >= 4 is 17.6 Å². The lowest BCUT2D eigenvalue weighted by Crippen LogP contribution is -2.07. The van der Waals surface area contributed by atoms with Gasteiger partial charge in [0.1, 0.15) is 5.82 Å². The molecule has 2 aromatic carbocycles. The van der Waals surface area contributed by atoms with Gasteiger partial charge in [0, 0.05) is 0 Å². The van der Waals surface area contributed by atoms with Gasteiger partial charge in [0.15, 0.2) is 11.5 Å². The molecular formula is C20H21FO4. The van der Waals surface area contributed by atoms with Crippen molar-refractivity contribution < 1.29 is 23.8 Å². The lowest BCUT2D eigenvalue weighted by Gasteiger charge is -2.14. The fourth-order valence-corrected chi connectivity index (χ4v) is 2.32. The van der Waals surface area contributed by atoms with E-state index in [9.17, 15) is 14.3 Å². The smallest absolute Gasteiger partial charge is 0.336 e. The highest BCUT2D eigenvalue weighted by Gasteiger charge is 2.14. The Labute approximate surface area is 146 Å². The number of benzene rings is 2. The van der Waals surface area contributed by atoms with Crippen molar-refractivity contribution in [1.29, 1.82) is 0 Å². The number of carboxylic acids is 1. The van der Waals surface area contributed by atoms with Crippen LogP contribution < -0.4 is 9.47 Å². The molecule has 0 radical (unpaired) electrons. The second-order valence-electron chi connectivity index (χ2n) is 5.90. The number of carbonyl (C=O) groups is 1. The molecule has 0 unspecified atom stereocenters. The molecular weight excluding hydrogens is 323 g/mol. The van der Waals surface area contributed by atoms with Crippen LogP contribution >= 0.6 is 0 Å². The SMILES string of the molecule is COc1ccc(/C=C(\C(=O)O)c2ccc(C)c(F)c2)cc1OC(C)C. The van der Waals surface area contributed by atoms with Gasteiger partial charge in [0.2, 0.25) is 0 Å². The van der Waals surface area contributed by atoms with Crippen LogP contribution in [0.2, 0.25) is 0 Å². The standard InChI is InChI=1S/C20H21FO4/c1-12(2)25-19-10-14(6-8-18(19)24-4)9-16(20(22)23)15-7-5-13(3)17(21)11-15/h5-12H,1-4H3,(H,22,23)/b16-9-. The summed E-state index contributed by atoms with van der Waals surface area (Å²) in [5.41, 5.74) is 1.39. The van der Waals surface area contributed by atoms with Crippen LogP contribution in [0.4, 0.5) is 4.39 Å². The lowest BCUT2D eigenvalue weighted by atomic mass is 10.0. The molecule has 0 aromatic heterocycles. The van der Waals surface area contributed by atoms with Gasteiger partial charge in [-0.25, -0.2) is 9.18 Å². The van der Waals surface area contributed by atoms with Gasteiger partial charge in [-0.05, 0) is 61.7 Å². The fourth-order valence-electron chi connectivity index (χ4n) is 2.32. The Balaban J connectivity index is 2.49. The Morgan fingerprint density at radius 3 is 2.44 bits per heavy atom. The normalized spacial score (nSPS) is 11.5. The molecule has 0 amide bonds. The number of halogens is 1. The zero-order valence-electron chi connectivity index (χ0n) is 14.7. The van der Waals surface area contributed by atoms with Crippen LogP contribution in [-0.2, 0) is 4.79 Å². The topological polar surface area (TPSA) is 55.8 Å². The molecule has 0 saturated carbocycles. The van der Waals surface area contributed by atoms with Gasteiger partial charge in [-0.3, -0.25) is 0 Å². The van der Waals surface area contributed by atoms with Crippen LogP contribution in [0.1, 0.15) is 30.5 Å². The zero-order valence-corrected chi connectivity index (χ0v) is 14.7. The highest BCUT2D eigenvalue weighted by atomic mass is 19.1. The van der Waals surface area contributed by atoms with Crippen LogP contribution in [0.3, 0.4) is 0 Å². The van der Waals surface area contributed by atoms with E-state index in [1.807, 2.05) is 13.8 Å². The number of hydrogen-bond acceptors (Lipinski definition) is 3. The number of methoxy groups -OCH3 is 1. The minimum Gasteiger partial charge on any atom is -0.493 e. The molecule has 1 N–H and O–H groups in total. The third-order valence-electron chi connectivity index (χ3n) is 3.57. The Morgan fingerprint density at radius 1 is 1.16 bits per heavy atom. The number of ether oxygens (including phenoxy) is 2. The molecule has 2 aromatic rings. The lowest BCUT2D eigenvalue weighted by molar-refractivity contribution is -0.130. The molecule has 4 nitrogen and oxygen atoms in total. The number of aliphatic carboxylic acids is 1. The molecule has 2 rings (SSSR count). The predicted octanol–water partition coefficient (Wildman–Crippen LogP) is 4.56. The summed E-state index contributed by atoms with van der Waals surface area (Å²) in [5.74, 6) is -0.496. The second-order valence-corrected chi connectivity index (χ2v) is 5.90. The van der Waals surface area contributed by atoms with Crippen LogP contribution in [0.15, 0.2) is 36.4 Å². The van der Waals surface area contributed by atoms with E-state index >= 15 is 0 Å². The van der Waals surface area contributed by atoms with Crippen LogP contribution in [0.25, 0.3) is 11.6 Å². The van der Waals surface area contributed by atoms with E-state index in [-0.39, 0.29) is 11.7 Å². The summed E-state index contributed by atoms with van der Waals surface area (Å²) in [5, 5.41) is 9.52. The molecule has 5 heteroatoms. The molecule has 0 atom stereocenters. The van der Waals surface area contributed by atoms with Crippen LogP contribution in [0, 0.1) is 12.7 Å². The van der Waals surface area contributed by atoms with Gasteiger partial charge in [-0.15, -0.1) is 0 Å².